The summed E-state index contributed by atoms with van der Waals surface area (Å²) in [6.07, 6.45) is 1.35. The lowest BCUT2D eigenvalue weighted by Crippen LogP contribution is -2.33. The van der Waals surface area contributed by atoms with Crippen LogP contribution in [0.25, 0.3) is 0 Å². The van der Waals surface area contributed by atoms with Gasteiger partial charge in [0.2, 0.25) is 11.8 Å². The van der Waals surface area contributed by atoms with Crippen molar-refractivity contribution in [3.05, 3.63) is 77.3 Å². The van der Waals surface area contributed by atoms with Gasteiger partial charge in [-0.15, -0.1) is 5.10 Å². The number of amides is 2. The quantitative estimate of drug-likeness (QED) is 0.306. The van der Waals surface area contributed by atoms with E-state index in [0.29, 0.717) is 22.0 Å². The van der Waals surface area contributed by atoms with Gasteiger partial charge >= 0.3 is 0 Å². The van der Waals surface area contributed by atoms with E-state index in [0.717, 1.165) is 11.8 Å². The molecule has 1 aliphatic heterocycles. The summed E-state index contributed by atoms with van der Waals surface area (Å²) in [7, 11) is 1.44. The fourth-order valence-electron chi connectivity index (χ4n) is 3.37. The Kier molecular flexibility index (Phi) is 7.77. The van der Waals surface area contributed by atoms with Crippen molar-refractivity contribution in [3.8, 4) is 17.2 Å². The third-order valence-electron chi connectivity index (χ3n) is 5.08. The second-order valence-electron chi connectivity index (χ2n) is 7.62. The molecule has 2 amide bonds. The lowest BCUT2D eigenvalue weighted by Gasteiger charge is -2.16. The first kappa shape index (κ1) is 25.1. The highest BCUT2D eigenvalue weighted by molar-refractivity contribution is 8.16. The number of benzene rings is 3. The molecule has 1 unspecified atom stereocenters. The van der Waals surface area contributed by atoms with Crippen LogP contribution in [0, 0.1) is 0 Å². The number of methoxy groups -OCH3 is 1. The summed E-state index contributed by atoms with van der Waals surface area (Å²) in [6.45, 7) is 0. The van der Waals surface area contributed by atoms with Gasteiger partial charge in [-0.05, 0) is 60.2 Å². The zero-order chi connectivity index (χ0) is 25.7. The monoisotopic (exact) mass is 524 g/mol. The molecule has 1 aliphatic rings. The van der Waals surface area contributed by atoms with Gasteiger partial charge in [-0.3, -0.25) is 14.5 Å². The number of thioether (sulfide) groups is 1. The molecule has 184 valence electrons. The molecule has 9 nitrogen and oxygen atoms in total. The number of phenolic OH excluding ortho intramolecular Hbond substituents is 2. The number of amidine groups is 1. The van der Waals surface area contributed by atoms with Crippen LogP contribution in [0.2, 0.25) is 5.02 Å². The third kappa shape index (κ3) is 5.96. The molecule has 0 saturated carbocycles. The Morgan fingerprint density at radius 3 is 2.67 bits per heavy atom. The number of hydrogen-bond donors (Lipinski definition) is 3. The van der Waals surface area contributed by atoms with E-state index in [2.05, 4.69) is 15.5 Å². The highest BCUT2D eigenvalue weighted by atomic mass is 35.5. The van der Waals surface area contributed by atoms with Crippen LogP contribution in [0.4, 0.5) is 11.4 Å². The van der Waals surface area contributed by atoms with Crippen molar-refractivity contribution in [3.63, 3.8) is 0 Å². The van der Waals surface area contributed by atoms with E-state index in [1.54, 1.807) is 48.5 Å². The van der Waals surface area contributed by atoms with Gasteiger partial charge in [0.15, 0.2) is 16.7 Å². The minimum absolute atomic E-state index is 0.00677. The maximum atomic E-state index is 13.3. The molecule has 11 heteroatoms. The summed E-state index contributed by atoms with van der Waals surface area (Å²) >= 11 is 6.98. The minimum Gasteiger partial charge on any atom is -0.508 e. The Labute approximate surface area is 216 Å². The van der Waals surface area contributed by atoms with Crippen molar-refractivity contribution in [1.29, 1.82) is 0 Å². The molecule has 4 rings (SSSR count). The van der Waals surface area contributed by atoms with Gasteiger partial charge in [0.05, 0.1) is 19.0 Å². The Morgan fingerprint density at radius 2 is 1.94 bits per heavy atom. The number of rotatable bonds is 7. The topological polar surface area (TPSA) is 124 Å². The molecule has 36 heavy (non-hydrogen) atoms. The second kappa shape index (κ2) is 11.1. The van der Waals surface area contributed by atoms with Crippen molar-refractivity contribution >= 4 is 57.9 Å². The number of ether oxygens (including phenoxy) is 1. The van der Waals surface area contributed by atoms with Crippen LogP contribution in [0.15, 0.2) is 76.9 Å². The predicted molar refractivity (Wildman–Crippen MR) is 141 cm³/mol. The van der Waals surface area contributed by atoms with Crippen LogP contribution in [-0.2, 0) is 9.59 Å². The molecule has 1 atom stereocenters. The van der Waals surface area contributed by atoms with Gasteiger partial charge < -0.3 is 20.3 Å². The van der Waals surface area contributed by atoms with Crippen molar-refractivity contribution < 1.29 is 24.5 Å². The Hall–Kier alpha value is -4.02. The summed E-state index contributed by atoms with van der Waals surface area (Å²) in [5.41, 5.74) is 1.58. The molecular formula is C25H21ClN4O5S. The van der Waals surface area contributed by atoms with Gasteiger partial charge in [-0.1, -0.05) is 29.4 Å². The van der Waals surface area contributed by atoms with Gasteiger partial charge in [0, 0.05) is 23.2 Å². The lowest BCUT2D eigenvalue weighted by atomic mass is 10.2. The summed E-state index contributed by atoms with van der Waals surface area (Å²) in [6, 6.07) is 17.5. The molecule has 3 N–H and O–H groups in total. The van der Waals surface area contributed by atoms with Crippen molar-refractivity contribution in [2.45, 2.75) is 11.7 Å². The summed E-state index contributed by atoms with van der Waals surface area (Å²) in [5, 5.41) is 30.8. The average Bonchev–Trinajstić information content (AvgIpc) is 3.16. The SMILES string of the molecule is COc1cc(C=NN=C2SC(CC(=O)Nc3ccc(Cl)cc3)C(=O)N2c2cccc(O)c2)ccc1O. The van der Waals surface area contributed by atoms with Crippen molar-refractivity contribution in [2.24, 2.45) is 10.2 Å². The number of nitrogens with zero attached hydrogens (tertiary/aromatic N) is 3. The van der Waals surface area contributed by atoms with Crippen LogP contribution in [0.5, 0.6) is 17.2 Å². The van der Waals surface area contributed by atoms with Gasteiger partial charge in [-0.25, -0.2) is 0 Å². The predicted octanol–water partition coefficient (Wildman–Crippen LogP) is 4.63. The number of carbonyl (C=O) groups excluding carboxylic acids is 2. The summed E-state index contributed by atoms with van der Waals surface area (Å²) in [5.74, 6) is -0.455. The van der Waals surface area contributed by atoms with Crippen molar-refractivity contribution in [2.75, 3.05) is 17.3 Å². The van der Waals surface area contributed by atoms with E-state index in [9.17, 15) is 19.8 Å². The van der Waals surface area contributed by atoms with E-state index in [1.165, 1.54) is 36.4 Å². The largest absolute Gasteiger partial charge is 0.508 e. The number of hydrogen-bond acceptors (Lipinski definition) is 8. The van der Waals surface area contributed by atoms with E-state index in [4.69, 9.17) is 16.3 Å². The molecule has 0 radical (unpaired) electrons. The lowest BCUT2D eigenvalue weighted by molar-refractivity contribution is -0.121. The van der Waals surface area contributed by atoms with E-state index in [1.807, 2.05) is 0 Å². The molecular weight excluding hydrogens is 504 g/mol. The minimum atomic E-state index is -0.748. The van der Waals surface area contributed by atoms with Crippen LogP contribution in [0.1, 0.15) is 12.0 Å². The molecule has 3 aromatic rings. The summed E-state index contributed by atoms with van der Waals surface area (Å²) < 4.78 is 5.09. The van der Waals surface area contributed by atoms with Crippen LogP contribution in [0.3, 0.4) is 0 Å². The molecule has 0 aliphatic carbocycles. The average molecular weight is 525 g/mol. The van der Waals surface area contributed by atoms with E-state index >= 15 is 0 Å². The number of aromatic hydroxyl groups is 2. The zero-order valence-corrected chi connectivity index (χ0v) is 20.5. The van der Waals surface area contributed by atoms with E-state index < -0.39 is 5.25 Å². The number of nitrogens with one attached hydrogen (secondary N) is 1. The highest BCUT2D eigenvalue weighted by Crippen LogP contribution is 2.35. The summed E-state index contributed by atoms with van der Waals surface area (Å²) in [4.78, 5) is 27.2. The molecule has 1 saturated heterocycles. The van der Waals surface area contributed by atoms with Crippen LogP contribution in [-0.4, -0.2) is 45.8 Å². The molecule has 1 heterocycles. The molecule has 0 aromatic heterocycles. The van der Waals surface area contributed by atoms with Gasteiger partial charge in [0.25, 0.3) is 0 Å². The second-order valence-corrected chi connectivity index (χ2v) is 9.22. The molecule has 1 fully saturated rings. The maximum absolute atomic E-state index is 13.3. The number of carbonyl (C=O) groups is 2. The Balaban J connectivity index is 1.56. The first-order chi connectivity index (χ1) is 17.3. The first-order valence-corrected chi connectivity index (χ1v) is 11.9. The third-order valence-corrected chi connectivity index (χ3v) is 6.46. The highest BCUT2D eigenvalue weighted by Gasteiger charge is 2.40. The first-order valence-electron chi connectivity index (χ1n) is 10.7. The number of anilines is 2. The van der Waals surface area contributed by atoms with E-state index in [-0.39, 0.29) is 40.7 Å². The Morgan fingerprint density at radius 1 is 1.17 bits per heavy atom. The standard InChI is InChI=1S/C25H21ClN4O5S/c1-35-21-11-15(5-10-20(21)32)14-27-29-25-30(18-3-2-4-19(31)12-18)24(34)22(36-25)13-23(33)28-17-8-6-16(26)7-9-17/h2-12,14,22,31-32H,13H2,1H3,(H,28,33). The Bertz CT molecular complexity index is 1350. The molecule has 0 bridgehead atoms. The van der Waals surface area contributed by atoms with Gasteiger partial charge in [-0.2, -0.15) is 5.10 Å². The van der Waals surface area contributed by atoms with Crippen LogP contribution >= 0.6 is 23.4 Å². The maximum Gasteiger partial charge on any atom is 0.247 e. The normalized spacial score (nSPS) is 16.6. The number of phenols is 2. The van der Waals surface area contributed by atoms with Crippen molar-refractivity contribution in [1.82, 2.24) is 0 Å². The molecule has 0 spiro atoms. The van der Waals surface area contributed by atoms with Crippen LogP contribution < -0.4 is 15.0 Å². The fourth-order valence-corrected chi connectivity index (χ4v) is 4.59. The fraction of sp³-hybridized carbons (Fsp3) is 0.120. The number of halogens is 1. The molecule has 3 aromatic carbocycles. The smallest absolute Gasteiger partial charge is 0.247 e. The van der Waals surface area contributed by atoms with Gasteiger partial charge in [0.1, 0.15) is 11.0 Å². The zero-order valence-electron chi connectivity index (χ0n) is 19.0.